The second kappa shape index (κ2) is 7.97. The normalized spacial score (nSPS) is 11.2. The van der Waals surface area contributed by atoms with E-state index in [-0.39, 0.29) is 11.5 Å². The predicted molar refractivity (Wildman–Crippen MR) is 104 cm³/mol. The summed E-state index contributed by atoms with van der Waals surface area (Å²) in [5.41, 5.74) is 3.33. The SMILES string of the molecule is CCOC(=O)/C=C/c1ccc(NCc2cc(=O)n3c(C)csc3n2)cc1. The maximum Gasteiger partial charge on any atom is 0.330 e. The number of nitrogens with zero attached hydrogens (tertiary/aromatic N) is 2. The Bertz CT molecular complexity index is 1000. The van der Waals surface area contributed by atoms with Crippen molar-refractivity contribution in [2.75, 3.05) is 11.9 Å². The third-order valence-electron chi connectivity index (χ3n) is 3.71. The summed E-state index contributed by atoms with van der Waals surface area (Å²) in [5.74, 6) is -0.355. The third-order valence-corrected chi connectivity index (χ3v) is 4.66. The maximum absolute atomic E-state index is 12.2. The van der Waals surface area contributed by atoms with Crippen molar-refractivity contribution in [2.45, 2.75) is 20.4 Å². The van der Waals surface area contributed by atoms with Crippen molar-refractivity contribution in [2.24, 2.45) is 0 Å². The number of hydrogen-bond donors (Lipinski definition) is 1. The fourth-order valence-corrected chi connectivity index (χ4v) is 3.34. The van der Waals surface area contributed by atoms with Gasteiger partial charge in [0.1, 0.15) is 0 Å². The van der Waals surface area contributed by atoms with Gasteiger partial charge in [-0.15, -0.1) is 11.3 Å². The number of benzene rings is 1. The van der Waals surface area contributed by atoms with Gasteiger partial charge in [0.25, 0.3) is 5.56 Å². The Morgan fingerprint density at radius 3 is 2.85 bits per heavy atom. The molecule has 0 amide bonds. The monoisotopic (exact) mass is 369 g/mol. The first kappa shape index (κ1) is 17.9. The molecule has 26 heavy (non-hydrogen) atoms. The number of thiazole rings is 1. The van der Waals surface area contributed by atoms with Crippen LogP contribution in [0.2, 0.25) is 0 Å². The molecule has 0 saturated heterocycles. The molecular formula is C19H19N3O3S. The van der Waals surface area contributed by atoms with E-state index in [9.17, 15) is 9.59 Å². The molecule has 0 aliphatic carbocycles. The highest BCUT2D eigenvalue weighted by Gasteiger charge is 2.06. The summed E-state index contributed by atoms with van der Waals surface area (Å²) >= 11 is 1.46. The summed E-state index contributed by atoms with van der Waals surface area (Å²) in [6.07, 6.45) is 3.11. The van der Waals surface area contributed by atoms with E-state index in [0.717, 1.165) is 16.9 Å². The topological polar surface area (TPSA) is 72.7 Å². The second-order valence-electron chi connectivity index (χ2n) is 5.64. The lowest BCUT2D eigenvalue weighted by Gasteiger charge is -2.06. The standard InChI is InChI=1S/C19H19N3O3S/c1-3-25-18(24)9-6-14-4-7-15(8-5-14)20-11-16-10-17(23)22-13(2)12-26-19(22)21-16/h4-10,12,20H,3,11H2,1-2H3/b9-6+. The molecule has 1 N–H and O–H groups in total. The van der Waals surface area contributed by atoms with Crippen molar-refractivity contribution in [1.29, 1.82) is 0 Å². The molecule has 0 saturated carbocycles. The number of carbonyl (C=O) groups excluding carboxylic acids is 1. The van der Waals surface area contributed by atoms with E-state index in [0.29, 0.717) is 23.8 Å². The van der Waals surface area contributed by atoms with Crippen molar-refractivity contribution in [3.05, 3.63) is 69.1 Å². The van der Waals surface area contributed by atoms with Gasteiger partial charge in [-0.25, -0.2) is 9.78 Å². The second-order valence-corrected chi connectivity index (χ2v) is 6.48. The number of esters is 1. The molecule has 6 nitrogen and oxygen atoms in total. The Labute approximate surface area is 154 Å². The van der Waals surface area contributed by atoms with Crippen molar-refractivity contribution < 1.29 is 9.53 Å². The van der Waals surface area contributed by atoms with E-state index in [4.69, 9.17) is 4.74 Å². The van der Waals surface area contributed by atoms with Gasteiger partial charge in [0.15, 0.2) is 4.96 Å². The fourth-order valence-electron chi connectivity index (χ4n) is 2.45. The van der Waals surface area contributed by atoms with Crippen LogP contribution in [0.5, 0.6) is 0 Å². The molecule has 0 radical (unpaired) electrons. The average Bonchev–Trinajstić information content (AvgIpc) is 3.01. The molecule has 0 bridgehead atoms. The van der Waals surface area contributed by atoms with Crippen molar-refractivity contribution in [3.8, 4) is 0 Å². The predicted octanol–water partition coefficient (Wildman–Crippen LogP) is 3.25. The van der Waals surface area contributed by atoms with E-state index >= 15 is 0 Å². The van der Waals surface area contributed by atoms with Crippen molar-refractivity contribution in [1.82, 2.24) is 9.38 Å². The number of aromatic nitrogens is 2. The molecule has 7 heteroatoms. The minimum absolute atomic E-state index is 0.0648. The number of rotatable bonds is 6. The van der Waals surface area contributed by atoms with Crippen LogP contribution in [0.4, 0.5) is 5.69 Å². The zero-order chi connectivity index (χ0) is 18.5. The molecule has 0 fully saturated rings. The van der Waals surface area contributed by atoms with Crippen LogP contribution in [0.15, 0.2) is 46.6 Å². The van der Waals surface area contributed by atoms with Gasteiger partial charge < -0.3 is 10.1 Å². The van der Waals surface area contributed by atoms with Gasteiger partial charge in [-0.3, -0.25) is 9.20 Å². The molecule has 1 aromatic carbocycles. The Hall–Kier alpha value is -2.93. The first-order valence-electron chi connectivity index (χ1n) is 8.22. The van der Waals surface area contributed by atoms with E-state index in [1.54, 1.807) is 23.5 Å². The lowest BCUT2D eigenvalue weighted by atomic mass is 10.2. The summed E-state index contributed by atoms with van der Waals surface area (Å²) in [7, 11) is 0. The highest BCUT2D eigenvalue weighted by Crippen LogP contribution is 2.14. The molecule has 0 unspecified atom stereocenters. The molecule has 134 valence electrons. The minimum Gasteiger partial charge on any atom is -0.463 e. The van der Waals surface area contributed by atoms with E-state index in [1.807, 2.05) is 36.6 Å². The molecular weight excluding hydrogens is 350 g/mol. The van der Waals surface area contributed by atoms with Gasteiger partial charge in [0.2, 0.25) is 0 Å². The van der Waals surface area contributed by atoms with Crippen LogP contribution < -0.4 is 10.9 Å². The quantitative estimate of drug-likeness (QED) is 0.533. The molecule has 0 aliphatic heterocycles. The van der Waals surface area contributed by atoms with E-state index < -0.39 is 0 Å². The third kappa shape index (κ3) is 4.18. The summed E-state index contributed by atoms with van der Waals surface area (Å²) in [6, 6.07) is 9.16. The number of carbonyl (C=O) groups is 1. The Morgan fingerprint density at radius 1 is 1.35 bits per heavy atom. The highest BCUT2D eigenvalue weighted by molar-refractivity contribution is 7.15. The van der Waals surface area contributed by atoms with Crippen LogP contribution >= 0.6 is 11.3 Å². The summed E-state index contributed by atoms with van der Waals surface area (Å²) in [6.45, 7) is 4.48. The summed E-state index contributed by atoms with van der Waals surface area (Å²) < 4.78 is 6.46. The van der Waals surface area contributed by atoms with Crippen LogP contribution in [0.25, 0.3) is 11.0 Å². The molecule has 0 spiro atoms. The Kier molecular flexibility index (Phi) is 5.48. The number of ether oxygens (including phenoxy) is 1. The van der Waals surface area contributed by atoms with Crippen LogP contribution in [0.1, 0.15) is 23.9 Å². The molecule has 2 aromatic heterocycles. The Morgan fingerprint density at radius 2 is 2.12 bits per heavy atom. The van der Waals surface area contributed by atoms with Gasteiger partial charge in [0.05, 0.1) is 18.8 Å². The zero-order valence-electron chi connectivity index (χ0n) is 14.6. The molecule has 0 aliphatic rings. The van der Waals surface area contributed by atoms with E-state index in [1.165, 1.54) is 17.4 Å². The lowest BCUT2D eigenvalue weighted by Crippen LogP contribution is -2.16. The molecule has 0 atom stereocenters. The number of fused-ring (bicyclic) bond motifs is 1. The minimum atomic E-state index is -0.355. The average molecular weight is 369 g/mol. The van der Waals surface area contributed by atoms with Gasteiger partial charge in [-0.05, 0) is 37.6 Å². The fraction of sp³-hybridized carbons (Fsp3) is 0.211. The maximum atomic E-state index is 12.2. The first-order chi connectivity index (χ1) is 12.6. The van der Waals surface area contributed by atoms with Gasteiger partial charge in [0, 0.05) is 28.9 Å². The van der Waals surface area contributed by atoms with E-state index in [2.05, 4.69) is 10.3 Å². The van der Waals surface area contributed by atoms with Crippen LogP contribution in [0, 0.1) is 6.92 Å². The van der Waals surface area contributed by atoms with Crippen LogP contribution in [-0.2, 0) is 16.1 Å². The number of nitrogens with one attached hydrogen (secondary N) is 1. The summed E-state index contributed by atoms with van der Waals surface area (Å²) in [4.78, 5) is 28.7. The van der Waals surface area contributed by atoms with Gasteiger partial charge in [-0.1, -0.05) is 12.1 Å². The first-order valence-corrected chi connectivity index (χ1v) is 9.10. The van der Waals surface area contributed by atoms with Crippen LogP contribution in [0.3, 0.4) is 0 Å². The van der Waals surface area contributed by atoms with Gasteiger partial charge in [-0.2, -0.15) is 0 Å². The number of aryl methyl sites for hydroxylation is 1. The molecule has 3 aromatic rings. The smallest absolute Gasteiger partial charge is 0.330 e. The number of anilines is 1. The summed E-state index contributed by atoms with van der Waals surface area (Å²) in [5, 5.41) is 5.17. The molecule has 3 rings (SSSR count). The zero-order valence-corrected chi connectivity index (χ0v) is 15.4. The van der Waals surface area contributed by atoms with Crippen LogP contribution in [-0.4, -0.2) is 22.0 Å². The van der Waals surface area contributed by atoms with Gasteiger partial charge >= 0.3 is 5.97 Å². The molecule has 2 heterocycles. The van der Waals surface area contributed by atoms with Crippen molar-refractivity contribution in [3.63, 3.8) is 0 Å². The largest absolute Gasteiger partial charge is 0.463 e. The van der Waals surface area contributed by atoms with Crippen molar-refractivity contribution >= 4 is 34.0 Å². The Balaban J connectivity index is 1.65. The lowest BCUT2D eigenvalue weighted by molar-refractivity contribution is -0.137. The number of hydrogen-bond acceptors (Lipinski definition) is 6. The highest BCUT2D eigenvalue weighted by atomic mass is 32.1.